The van der Waals surface area contributed by atoms with Gasteiger partial charge < -0.3 is 14.9 Å². The van der Waals surface area contributed by atoms with Gasteiger partial charge >= 0.3 is 0 Å². The largest absolute Gasteiger partial charge is 0.396 e. The van der Waals surface area contributed by atoms with Crippen molar-refractivity contribution in [2.75, 3.05) is 40.3 Å². The van der Waals surface area contributed by atoms with E-state index in [0.717, 1.165) is 24.1 Å². The Hall–Kier alpha value is -2.24. The fourth-order valence-electron chi connectivity index (χ4n) is 3.99. The SMILES string of the molecule is CN(C)C[C@H]1C[C@@H](CO)CN(C(=O)c2ccccc2-c2ccc(F)cc2)C1. The van der Waals surface area contributed by atoms with Gasteiger partial charge in [0.1, 0.15) is 5.82 Å². The third-order valence-electron chi connectivity index (χ3n) is 5.11. The Morgan fingerprint density at radius 3 is 2.44 bits per heavy atom. The molecule has 0 aromatic heterocycles. The maximum absolute atomic E-state index is 13.3. The molecule has 1 N–H and O–H groups in total. The summed E-state index contributed by atoms with van der Waals surface area (Å²) in [6.45, 7) is 2.23. The van der Waals surface area contributed by atoms with Gasteiger partial charge in [0, 0.05) is 31.8 Å². The number of likely N-dealkylation sites (tertiary alicyclic amines) is 1. The van der Waals surface area contributed by atoms with Gasteiger partial charge in [-0.15, -0.1) is 0 Å². The number of nitrogens with zero attached hydrogens (tertiary/aromatic N) is 2. The fourth-order valence-corrected chi connectivity index (χ4v) is 3.99. The summed E-state index contributed by atoms with van der Waals surface area (Å²) in [5, 5.41) is 9.68. The lowest BCUT2D eigenvalue weighted by Gasteiger charge is -2.38. The Kier molecular flexibility index (Phi) is 6.24. The number of benzene rings is 2. The molecule has 1 amide bonds. The van der Waals surface area contributed by atoms with E-state index in [1.165, 1.54) is 12.1 Å². The molecule has 1 aliphatic heterocycles. The third-order valence-corrected chi connectivity index (χ3v) is 5.11. The summed E-state index contributed by atoms with van der Waals surface area (Å²) in [5.41, 5.74) is 2.24. The van der Waals surface area contributed by atoms with Crippen LogP contribution in [0.4, 0.5) is 4.39 Å². The second kappa shape index (κ2) is 8.63. The van der Waals surface area contributed by atoms with Crippen LogP contribution in [-0.4, -0.2) is 61.2 Å². The number of piperidine rings is 1. The predicted octanol–water partition coefficient (Wildman–Crippen LogP) is 3.12. The summed E-state index contributed by atoms with van der Waals surface area (Å²) in [6.07, 6.45) is 0.929. The lowest BCUT2D eigenvalue weighted by atomic mass is 9.88. The molecule has 2 aromatic rings. The predicted molar refractivity (Wildman–Crippen MR) is 105 cm³/mol. The normalized spacial score (nSPS) is 20.1. The minimum Gasteiger partial charge on any atom is -0.396 e. The smallest absolute Gasteiger partial charge is 0.254 e. The van der Waals surface area contributed by atoms with Gasteiger partial charge in [-0.3, -0.25) is 4.79 Å². The first-order chi connectivity index (χ1) is 13.0. The summed E-state index contributed by atoms with van der Waals surface area (Å²) in [5.74, 6) is 0.117. The van der Waals surface area contributed by atoms with E-state index >= 15 is 0 Å². The Balaban J connectivity index is 1.87. The van der Waals surface area contributed by atoms with Crippen molar-refractivity contribution in [2.24, 2.45) is 11.8 Å². The summed E-state index contributed by atoms with van der Waals surface area (Å²) >= 11 is 0. The molecule has 0 radical (unpaired) electrons. The number of aliphatic hydroxyl groups is 1. The van der Waals surface area contributed by atoms with Crippen LogP contribution in [0.15, 0.2) is 48.5 Å². The van der Waals surface area contributed by atoms with Crippen LogP contribution in [-0.2, 0) is 0 Å². The molecule has 4 nitrogen and oxygen atoms in total. The van der Waals surface area contributed by atoms with Crippen LogP contribution in [0.1, 0.15) is 16.8 Å². The molecule has 2 atom stereocenters. The topological polar surface area (TPSA) is 43.8 Å². The van der Waals surface area contributed by atoms with Crippen molar-refractivity contribution in [3.63, 3.8) is 0 Å². The summed E-state index contributed by atoms with van der Waals surface area (Å²) in [7, 11) is 4.05. The average Bonchev–Trinajstić information content (AvgIpc) is 2.67. The quantitative estimate of drug-likeness (QED) is 0.879. The molecule has 1 heterocycles. The highest BCUT2D eigenvalue weighted by molar-refractivity contribution is 6.01. The number of hydrogen-bond acceptors (Lipinski definition) is 3. The van der Waals surface area contributed by atoms with Crippen molar-refractivity contribution in [3.05, 3.63) is 59.9 Å². The van der Waals surface area contributed by atoms with Crippen LogP contribution in [0.3, 0.4) is 0 Å². The molecule has 1 fully saturated rings. The van der Waals surface area contributed by atoms with E-state index in [-0.39, 0.29) is 24.2 Å². The standard InChI is InChI=1S/C22H27FN2O2/c1-24(2)12-16-11-17(15-26)14-25(13-16)22(27)21-6-4-3-5-20(21)18-7-9-19(23)10-8-18/h3-10,16-17,26H,11-15H2,1-2H3/t16-,17-/m1/s1. The highest BCUT2D eigenvalue weighted by Gasteiger charge is 2.31. The number of hydrogen-bond donors (Lipinski definition) is 1. The van der Waals surface area contributed by atoms with Gasteiger partial charge in [-0.25, -0.2) is 4.39 Å². The van der Waals surface area contributed by atoms with Crippen molar-refractivity contribution in [3.8, 4) is 11.1 Å². The third kappa shape index (κ3) is 4.73. The Labute approximate surface area is 160 Å². The van der Waals surface area contributed by atoms with E-state index in [2.05, 4.69) is 4.90 Å². The maximum atomic E-state index is 13.3. The number of aliphatic hydroxyl groups excluding tert-OH is 1. The number of amides is 1. The van der Waals surface area contributed by atoms with E-state index < -0.39 is 0 Å². The molecular formula is C22H27FN2O2. The van der Waals surface area contributed by atoms with Crippen LogP contribution < -0.4 is 0 Å². The maximum Gasteiger partial charge on any atom is 0.254 e. The zero-order valence-electron chi connectivity index (χ0n) is 15.9. The van der Waals surface area contributed by atoms with Gasteiger partial charge in [0.05, 0.1) is 0 Å². The Morgan fingerprint density at radius 1 is 1.11 bits per heavy atom. The molecule has 144 valence electrons. The van der Waals surface area contributed by atoms with Crippen LogP contribution in [0, 0.1) is 17.7 Å². The van der Waals surface area contributed by atoms with Crippen molar-refractivity contribution in [2.45, 2.75) is 6.42 Å². The number of carbonyl (C=O) groups excluding carboxylic acids is 1. The molecule has 0 unspecified atom stereocenters. The summed E-state index contributed by atoms with van der Waals surface area (Å²) < 4.78 is 13.3. The lowest BCUT2D eigenvalue weighted by molar-refractivity contribution is 0.0478. The van der Waals surface area contributed by atoms with E-state index in [9.17, 15) is 14.3 Å². The number of rotatable bonds is 5. The molecular weight excluding hydrogens is 343 g/mol. The molecule has 0 bridgehead atoms. The van der Waals surface area contributed by atoms with E-state index in [4.69, 9.17) is 0 Å². The average molecular weight is 370 g/mol. The van der Waals surface area contributed by atoms with Crippen LogP contribution in [0.2, 0.25) is 0 Å². The van der Waals surface area contributed by atoms with Crippen LogP contribution in [0.25, 0.3) is 11.1 Å². The molecule has 0 saturated carbocycles. The van der Waals surface area contributed by atoms with E-state index in [1.54, 1.807) is 12.1 Å². The first-order valence-corrected chi connectivity index (χ1v) is 9.37. The van der Waals surface area contributed by atoms with Crippen molar-refractivity contribution >= 4 is 5.91 Å². The molecule has 1 saturated heterocycles. The second-order valence-electron chi connectivity index (χ2n) is 7.68. The van der Waals surface area contributed by atoms with Gasteiger partial charge in [0.2, 0.25) is 0 Å². The monoisotopic (exact) mass is 370 g/mol. The molecule has 0 spiro atoms. The Morgan fingerprint density at radius 2 is 1.78 bits per heavy atom. The van der Waals surface area contributed by atoms with Gasteiger partial charge in [0.25, 0.3) is 5.91 Å². The molecule has 27 heavy (non-hydrogen) atoms. The molecule has 5 heteroatoms. The summed E-state index contributed by atoms with van der Waals surface area (Å²) in [4.78, 5) is 17.3. The first kappa shape index (κ1) is 19.5. The minimum absolute atomic E-state index is 0.0307. The molecule has 1 aliphatic rings. The zero-order chi connectivity index (χ0) is 19.4. The van der Waals surface area contributed by atoms with Gasteiger partial charge in [-0.05, 0) is 61.7 Å². The fraction of sp³-hybridized carbons (Fsp3) is 0.409. The Bertz CT molecular complexity index is 776. The summed E-state index contributed by atoms with van der Waals surface area (Å²) in [6, 6.07) is 13.7. The molecule has 3 rings (SSSR count). The van der Waals surface area contributed by atoms with Crippen molar-refractivity contribution < 1.29 is 14.3 Å². The lowest BCUT2D eigenvalue weighted by Crippen LogP contribution is -2.47. The highest BCUT2D eigenvalue weighted by atomic mass is 19.1. The minimum atomic E-state index is -0.295. The number of carbonyl (C=O) groups is 1. The van der Waals surface area contributed by atoms with Crippen molar-refractivity contribution in [1.29, 1.82) is 0 Å². The van der Waals surface area contributed by atoms with Gasteiger partial charge in [-0.2, -0.15) is 0 Å². The van der Waals surface area contributed by atoms with E-state index in [0.29, 0.717) is 24.6 Å². The van der Waals surface area contributed by atoms with Crippen molar-refractivity contribution in [1.82, 2.24) is 9.80 Å². The van der Waals surface area contributed by atoms with Crippen LogP contribution >= 0.6 is 0 Å². The highest BCUT2D eigenvalue weighted by Crippen LogP contribution is 2.28. The first-order valence-electron chi connectivity index (χ1n) is 9.37. The molecule has 2 aromatic carbocycles. The second-order valence-corrected chi connectivity index (χ2v) is 7.68. The molecule has 0 aliphatic carbocycles. The van der Waals surface area contributed by atoms with Gasteiger partial charge in [0.15, 0.2) is 0 Å². The van der Waals surface area contributed by atoms with E-state index in [1.807, 2.05) is 43.3 Å². The van der Waals surface area contributed by atoms with Crippen LogP contribution in [0.5, 0.6) is 0 Å². The van der Waals surface area contributed by atoms with Gasteiger partial charge in [-0.1, -0.05) is 30.3 Å². The zero-order valence-corrected chi connectivity index (χ0v) is 15.9. The number of halogens is 1.